The monoisotopic (exact) mass is 333 g/mol. The molecule has 102 valence electrons. The number of hydrogen-bond donors (Lipinski definition) is 0. The van der Waals surface area contributed by atoms with Gasteiger partial charge in [0.1, 0.15) is 6.54 Å². The zero-order valence-electron chi connectivity index (χ0n) is 11.0. The molecule has 0 aliphatic heterocycles. The number of halogens is 1. The van der Waals surface area contributed by atoms with Crippen LogP contribution in [0.25, 0.3) is 11.4 Å². The van der Waals surface area contributed by atoms with Gasteiger partial charge in [-0.15, -0.1) is 0 Å². The lowest BCUT2D eigenvalue weighted by molar-refractivity contribution is 0.364. The second kappa shape index (κ2) is 5.16. The first-order valence-corrected chi connectivity index (χ1v) is 6.87. The van der Waals surface area contributed by atoms with Gasteiger partial charge in [-0.3, -0.25) is 9.67 Å². The van der Waals surface area contributed by atoms with Crippen molar-refractivity contribution >= 4 is 15.9 Å². The second-order valence-corrected chi connectivity index (χ2v) is 5.18. The molecule has 0 aliphatic rings. The van der Waals surface area contributed by atoms with Crippen molar-refractivity contribution in [2.24, 2.45) is 0 Å². The normalized spacial score (nSPS) is 10.9. The fraction of sp³-hybridized carbons (Fsp3) is 0.231. The molecule has 3 rings (SSSR count). The average Bonchev–Trinajstić information content (AvgIpc) is 3.02. The lowest BCUT2D eigenvalue weighted by Gasteiger charge is -1.99. The van der Waals surface area contributed by atoms with E-state index in [1.54, 1.807) is 12.4 Å². The molecule has 3 aromatic heterocycles. The van der Waals surface area contributed by atoms with Crippen LogP contribution in [0.3, 0.4) is 0 Å². The van der Waals surface area contributed by atoms with E-state index >= 15 is 0 Å². The van der Waals surface area contributed by atoms with Crippen LogP contribution in [0.1, 0.15) is 17.3 Å². The molecule has 0 fully saturated rings. The topological polar surface area (TPSA) is 69.6 Å². The summed E-state index contributed by atoms with van der Waals surface area (Å²) in [7, 11) is 0. The molecule has 0 amide bonds. The van der Waals surface area contributed by atoms with Crippen molar-refractivity contribution in [3.63, 3.8) is 0 Å². The summed E-state index contributed by atoms with van der Waals surface area (Å²) in [5.41, 5.74) is 2.85. The van der Waals surface area contributed by atoms with Crippen LogP contribution in [0, 0.1) is 13.8 Å². The summed E-state index contributed by atoms with van der Waals surface area (Å²) >= 11 is 3.50. The molecular weight excluding hydrogens is 322 g/mol. The van der Waals surface area contributed by atoms with Gasteiger partial charge in [0.2, 0.25) is 11.7 Å². The molecule has 3 heterocycles. The molecule has 0 aromatic carbocycles. The first-order valence-electron chi connectivity index (χ1n) is 6.07. The van der Waals surface area contributed by atoms with Crippen LogP contribution in [0.2, 0.25) is 0 Å². The Morgan fingerprint density at radius 1 is 1.25 bits per heavy atom. The summed E-state index contributed by atoms with van der Waals surface area (Å²) < 4.78 is 8.11. The Balaban J connectivity index is 1.86. The molecule has 0 N–H and O–H groups in total. The largest absolute Gasteiger partial charge is 0.337 e. The minimum atomic E-state index is 0.455. The Labute approximate surface area is 124 Å². The molecular formula is C13H12BrN5O. The first-order chi connectivity index (χ1) is 9.65. The molecule has 0 spiro atoms. The van der Waals surface area contributed by atoms with Gasteiger partial charge >= 0.3 is 0 Å². The maximum absolute atomic E-state index is 5.27. The highest BCUT2D eigenvalue weighted by Gasteiger charge is 2.13. The number of rotatable bonds is 3. The highest BCUT2D eigenvalue weighted by Crippen LogP contribution is 2.21. The predicted octanol–water partition coefficient (Wildman–Crippen LogP) is 2.76. The van der Waals surface area contributed by atoms with Crippen LogP contribution >= 0.6 is 15.9 Å². The Bertz CT molecular complexity index is 735. The van der Waals surface area contributed by atoms with Gasteiger partial charge in [0.25, 0.3) is 0 Å². The van der Waals surface area contributed by atoms with Gasteiger partial charge < -0.3 is 4.52 Å². The molecule has 0 radical (unpaired) electrons. The van der Waals surface area contributed by atoms with E-state index < -0.39 is 0 Å². The van der Waals surface area contributed by atoms with E-state index in [-0.39, 0.29) is 0 Å². The van der Waals surface area contributed by atoms with Crippen LogP contribution in [0.4, 0.5) is 0 Å². The highest BCUT2D eigenvalue weighted by atomic mass is 79.9. The van der Waals surface area contributed by atoms with Crippen LogP contribution in [0.15, 0.2) is 33.5 Å². The quantitative estimate of drug-likeness (QED) is 0.737. The molecule has 0 unspecified atom stereocenters. The lowest BCUT2D eigenvalue weighted by atomic mass is 10.2. The average molecular weight is 334 g/mol. The smallest absolute Gasteiger partial charge is 0.248 e. The van der Waals surface area contributed by atoms with E-state index in [9.17, 15) is 0 Å². The summed E-state index contributed by atoms with van der Waals surface area (Å²) in [6.45, 7) is 4.39. The molecule has 6 nitrogen and oxygen atoms in total. The third-order valence-electron chi connectivity index (χ3n) is 2.98. The molecule has 0 atom stereocenters. The summed E-state index contributed by atoms with van der Waals surface area (Å²) in [6, 6.07) is 3.68. The van der Waals surface area contributed by atoms with Crippen LogP contribution in [-0.4, -0.2) is 24.9 Å². The second-order valence-electron chi connectivity index (χ2n) is 4.39. The van der Waals surface area contributed by atoms with Crippen molar-refractivity contribution in [1.82, 2.24) is 24.9 Å². The zero-order valence-corrected chi connectivity index (χ0v) is 12.6. The summed E-state index contributed by atoms with van der Waals surface area (Å²) in [6.07, 6.45) is 3.40. The maximum atomic E-state index is 5.27. The van der Waals surface area contributed by atoms with Crippen LogP contribution < -0.4 is 0 Å². The molecule has 0 aliphatic carbocycles. The first kappa shape index (κ1) is 13.0. The number of aryl methyl sites for hydroxylation is 1. The van der Waals surface area contributed by atoms with E-state index in [1.165, 1.54) is 0 Å². The van der Waals surface area contributed by atoms with Gasteiger partial charge in [-0.2, -0.15) is 10.1 Å². The van der Waals surface area contributed by atoms with E-state index in [0.29, 0.717) is 18.3 Å². The number of hydrogen-bond acceptors (Lipinski definition) is 5. The maximum Gasteiger partial charge on any atom is 0.248 e. The Hall–Kier alpha value is -2.02. The van der Waals surface area contributed by atoms with Crippen LogP contribution in [-0.2, 0) is 6.54 Å². The highest BCUT2D eigenvalue weighted by molar-refractivity contribution is 9.10. The van der Waals surface area contributed by atoms with Gasteiger partial charge in [0.15, 0.2) is 0 Å². The van der Waals surface area contributed by atoms with Gasteiger partial charge in [0.05, 0.1) is 15.9 Å². The standard InChI is InChI=1S/C13H12BrN5O/c1-8-12(14)9(2)19(17-8)7-11-16-13(18-20-11)10-3-5-15-6-4-10/h3-6H,7H2,1-2H3. The van der Waals surface area contributed by atoms with E-state index in [1.807, 2.05) is 30.7 Å². The fourth-order valence-corrected chi connectivity index (χ4v) is 2.18. The van der Waals surface area contributed by atoms with Crippen molar-refractivity contribution < 1.29 is 4.52 Å². The summed E-state index contributed by atoms with van der Waals surface area (Å²) in [5.74, 6) is 1.08. The molecule has 0 saturated heterocycles. The van der Waals surface area contributed by atoms with E-state index in [2.05, 4.69) is 36.2 Å². The summed E-state index contributed by atoms with van der Waals surface area (Å²) in [5, 5.41) is 8.39. The van der Waals surface area contributed by atoms with Gasteiger partial charge in [-0.1, -0.05) is 5.16 Å². The molecule has 3 aromatic rings. The van der Waals surface area contributed by atoms with Crippen molar-refractivity contribution in [1.29, 1.82) is 0 Å². The molecule has 0 saturated carbocycles. The van der Waals surface area contributed by atoms with Crippen molar-refractivity contribution in [2.45, 2.75) is 20.4 Å². The Kier molecular flexibility index (Phi) is 3.35. The van der Waals surface area contributed by atoms with Gasteiger partial charge in [0, 0.05) is 18.0 Å². The van der Waals surface area contributed by atoms with Crippen molar-refractivity contribution in [2.75, 3.05) is 0 Å². The van der Waals surface area contributed by atoms with E-state index in [4.69, 9.17) is 4.52 Å². The number of nitrogens with zero attached hydrogens (tertiary/aromatic N) is 5. The van der Waals surface area contributed by atoms with Crippen molar-refractivity contribution in [3.8, 4) is 11.4 Å². The number of aromatic nitrogens is 5. The zero-order chi connectivity index (χ0) is 14.1. The summed E-state index contributed by atoms with van der Waals surface area (Å²) in [4.78, 5) is 8.34. The fourth-order valence-electron chi connectivity index (χ4n) is 1.89. The molecule has 7 heteroatoms. The third-order valence-corrected chi connectivity index (χ3v) is 4.13. The predicted molar refractivity (Wildman–Crippen MR) is 76.0 cm³/mol. The SMILES string of the molecule is Cc1nn(Cc2nc(-c3ccncc3)no2)c(C)c1Br. The minimum absolute atomic E-state index is 0.455. The lowest BCUT2D eigenvalue weighted by Crippen LogP contribution is -2.04. The van der Waals surface area contributed by atoms with E-state index in [0.717, 1.165) is 21.4 Å². The molecule has 0 bridgehead atoms. The van der Waals surface area contributed by atoms with Crippen LogP contribution in [0.5, 0.6) is 0 Å². The van der Waals surface area contributed by atoms with Gasteiger partial charge in [-0.25, -0.2) is 0 Å². The Morgan fingerprint density at radius 2 is 2.00 bits per heavy atom. The van der Waals surface area contributed by atoms with Gasteiger partial charge in [-0.05, 0) is 41.9 Å². The number of pyridine rings is 1. The Morgan fingerprint density at radius 3 is 2.65 bits per heavy atom. The third kappa shape index (κ3) is 2.36. The van der Waals surface area contributed by atoms with Crippen molar-refractivity contribution in [3.05, 3.63) is 46.3 Å². The molecule has 20 heavy (non-hydrogen) atoms. The minimum Gasteiger partial charge on any atom is -0.337 e.